The van der Waals surface area contributed by atoms with Crippen molar-refractivity contribution in [1.29, 1.82) is 0 Å². The van der Waals surface area contributed by atoms with Crippen molar-refractivity contribution in [1.82, 2.24) is 4.98 Å². The van der Waals surface area contributed by atoms with E-state index in [1.165, 1.54) is 12.7 Å². The molecule has 1 aromatic carbocycles. The number of morpholine rings is 1. The molecule has 0 amide bonds. The van der Waals surface area contributed by atoms with Crippen LogP contribution in [0.2, 0.25) is 0 Å². The molecule has 1 aliphatic rings. The summed E-state index contributed by atoms with van der Waals surface area (Å²) < 4.78 is 10.2. The van der Waals surface area contributed by atoms with Crippen LogP contribution in [0.15, 0.2) is 36.4 Å². The van der Waals surface area contributed by atoms with Crippen LogP contribution in [0, 0.1) is 0 Å². The number of hydrogen-bond acceptors (Lipinski definition) is 5. The number of anilines is 1. The second-order valence-corrected chi connectivity index (χ2v) is 6.47. The highest BCUT2D eigenvalue weighted by molar-refractivity contribution is 5.89. The molecule has 0 bridgehead atoms. The quantitative estimate of drug-likeness (QED) is 0.798. The van der Waals surface area contributed by atoms with Gasteiger partial charge >= 0.3 is 5.97 Å². The minimum Gasteiger partial charge on any atom is -0.465 e. The van der Waals surface area contributed by atoms with Crippen LogP contribution in [0.3, 0.4) is 0 Å². The smallest absolute Gasteiger partial charge is 0.337 e. The van der Waals surface area contributed by atoms with Gasteiger partial charge in [0.05, 0.1) is 31.6 Å². The maximum absolute atomic E-state index is 11.6. The van der Waals surface area contributed by atoms with Crippen molar-refractivity contribution in [3.63, 3.8) is 0 Å². The number of rotatable bonds is 4. The van der Waals surface area contributed by atoms with E-state index in [-0.39, 0.29) is 5.97 Å². The normalized spacial score (nSPS) is 14.6. The number of benzene rings is 1. The third-order valence-electron chi connectivity index (χ3n) is 4.44. The average Bonchev–Trinajstić information content (AvgIpc) is 2.67. The summed E-state index contributed by atoms with van der Waals surface area (Å²) in [6.45, 7) is 7.54. The topological polar surface area (TPSA) is 51.7 Å². The number of methoxy groups -OCH3 is 1. The molecule has 1 fully saturated rings. The molecule has 0 unspecified atom stereocenters. The standard InChI is InChI=1S/C20H24N2O3/c1-14(2)17-12-18(15-4-6-16(7-5-15)20(23)24-3)21-19(13-17)22-8-10-25-11-9-22/h4-7,12-14H,8-11H2,1-3H3. The molecule has 0 spiro atoms. The van der Waals surface area contributed by atoms with E-state index in [2.05, 4.69) is 30.9 Å². The van der Waals surface area contributed by atoms with Crippen LogP contribution in [0.4, 0.5) is 5.82 Å². The molecular weight excluding hydrogens is 316 g/mol. The minimum atomic E-state index is -0.329. The maximum Gasteiger partial charge on any atom is 0.337 e. The largest absolute Gasteiger partial charge is 0.465 e. The van der Waals surface area contributed by atoms with E-state index in [9.17, 15) is 4.79 Å². The Morgan fingerprint density at radius 2 is 1.84 bits per heavy atom. The first-order valence-electron chi connectivity index (χ1n) is 8.62. The highest BCUT2D eigenvalue weighted by Crippen LogP contribution is 2.27. The number of esters is 1. The first kappa shape index (κ1) is 17.4. The Morgan fingerprint density at radius 3 is 2.44 bits per heavy atom. The molecule has 2 heterocycles. The monoisotopic (exact) mass is 340 g/mol. The van der Waals surface area contributed by atoms with Crippen LogP contribution in [0.25, 0.3) is 11.3 Å². The summed E-state index contributed by atoms with van der Waals surface area (Å²) in [6, 6.07) is 11.7. The van der Waals surface area contributed by atoms with Crippen LogP contribution in [-0.2, 0) is 9.47 Å². The zero-order chi connectivity index (χ0) is 17.8. The lowest BCUT2D eigenvalue weighted by Crippen LogP contribution is -2.36. The van der Waals surface area contributed by atoms with Gasteiger partial charge in [0.2, 0.25) is 0 Å². The van der Waals surface area contributed by atoms with Crippen LogP contribution in [0.5, 0.6) is 0 Å². The van der Waals surface area contributed by atoms with Gasteiger partial charge in [0, 0.05) is 18.7 Å². The molecule has 5 heteroatoms. The van der Waals surface area contributed by atoms with E-state index in [4.69, 9.17) is 14.5 Å². The van der Waals surface area contributed by atoms with Gasteiger partial charge in [0.25, 0.3) is 0 Å². The Bertz CT molecular complexity index is 735. The van der Waals surface area contributed by atoms with E-state index in [0.29, 0.717) is 11.5 Å². The zero-order valence-corrected chi connectivity index (χ0v) is 15.0. The molecule has 0 saturated carbocycles. The predicted molar refractivity (Wildman–Crippen MR) is 98.1 cm³/mol. The van der Waals surface area contributed by atoms with Crippen LogP contribution in [0.1, 0.15) is 35.7 Å². The van der Waals surface area contributed by atoms with Crippen molar-refractivity contribution in [3.05, 3.63) is 47.5 Å². The predicted octanol–water partition coefficient (Wildman–Crippen LogP) is 3.50. The van der Waals surface area contributed by atoms with E-state index in [1.54, 1.807) is 12.1 Å². The van der Waals surface area contributed by atoms with Crippen molar-refractivity contribution in [3.8, 4) is 11.3 Å². The summed E-state index contributed by atoms with van der Waals surface area (Å²) >= 11 is 0. The summed E-state index contributed by atoms with van der Waals surface area (Å²) in [5, 5.41) is 0. The van der Waals surface area contributed by atoms with E-state index >= 15 is 0 Å². The van der Waals surface area contributed by atoms with Crippen molar-refractivity contribution in [2.75, 3.05) is 38.3 Å². The van der Waals surface area contributed by atoms with Crippen LogP contribution < -0.4 is 4.90 Å². The molecule has 1 aromatic heterocycles. The molecule has 3 rings (SSSR count). The lowest BCUT2D eigenvalue weighted by molar-refractivity contribution is 0.0601. The van der Waals surface area contributed by atoms with Crippen molar-refractivity contribution < 1.29 is 14.3 Å². The maximum atomic E-state index is 11.6. The zero-order valence-electron chi connectivity index (χ0n) is 15.0. The van der Waals surface area contributed by atoms with Gasteiger partial charge in [-0.05, 0) is 35.7 Å². The molecule has 5 nitrogen and oxygen atoms in total. The number of carbonyl (C=O) groups is 1. The first-order chi connectivity index (χ1) is 12.1. The molecule has 0 atom stereocenters. The summed E-state index contributed by atoms with van der Waals surface area (Å²) in [7, 11) is 1.39. The number of nitrogens with zero attached hydrogens (tertiary/aromatic N) is 2. The lowest BCUT2D eigenvalue weighted by atomic mass is 10.0. The molecule has 0 N–H and O–H groups in total. The highest BCUT2D eigenvalue weighted by atomic mass is 16.5. The Kier molecular flexibility index (Phi) is 5.34. The number of pyridine rings is 1. The Hall–Kier alpha value is -2.40. The fourth-order valence-corrected chi connectivity index (χ4v) is 2.87. The minimum absolute atomic E-state index is 0.329. The van der Waals surface area contributed by atoms with Gasteiger partial charge in [-0.1, -0.05) is 26.0 Å². The van der Waals surface area contributed by atoms with E-state index in [1.807, 2.05) is 12.1 Å². The fourth-order valence-electron chi connectivity index (χ4n) is 2.87. The van der Waals surface area contributed by atoms with E-state index < -0.39 is 0 Å². The highest BCUT2D eigenvalue weighted by Gasteiger charge is 2.16. The molecule has 0 radical (unpaired) electrons. The molecule has 1 aliphatic heterocycles. The van der Waals surface area contributed by atoms with E-state index in [0.717, 1.165) is 43.4 Å². The first-order valence-corrected chi connectivity index (χ1v) is 8.62. The molecule has 2 aromatic rings. The van der Waals surface area contributed by atoms with Gasteiger partial charge in [-0.3, -0.25) is 0 Å². The number of carbonyl (C=O) groups excluding carboxylic acids is 1. The second-order valence-electron chi connectivity index (χ2n) is 6.47. The summed E-state index contributed by atoms with van der Waals surface area (Å²) in [4.78, 5) is 18.7. The van der Waals surface area contributed by atoms with Gasteiger partial charge in [-0.25, -0.2) is 9.78 Å². The van der Waals surface area contributed by atoms with Crippen molar-refractivity contribution >= 4 is 11.8 Å². The Balaban J connectivity index is 1.96. The fraction of sp³-hybridized carbons (Fsp3) is 0.400. The van der Waals surface area contributed by atoms with Gasteiger partial charge in [-0.2, -0.15) is 0 Å². The SMILES string of the molecule is COC(=O)c1ccc(-c2cc(C(C)C)cc(N3CCOCC3)n2)cc1. The van der Waals surface area contributed by atoms with Crippen molar-refractivity contribution in [2.45, 2.75) is 19.8 Å². The number of aromatic nitrogens is 1. The molecule has 132 valence electrons. The third kappa shape index (κ3) is 3.99. The average molecular weight is 340 g/mol. The van der Waals surface area contributed by atoms with Gasteiger partial charge in [-0.15, -0.1) is 0 Å². The van der Waals surface area contributed by atoms with Gasteiger partial charge in [0.1, 0.15) is 5.82 Å². The third-order valence-corrected chi connectivity index (χ3v) is 4.44. The number of hydrogen-bond donors (Lipinski definition) is 0. The molecular formula is C20H24N2O3. The van der Waals surface area contributed by atoms with Gasteiger partial charge in [0.15, 0.2) is 0 Å². The molecule has 25 heavy (non-hydrogen) atoms. The Labute approximate surface area is 148 Å². The van der Waals surface area contributed by atoms with Gasteiger partial charge < -0.3 is 14.4 Å². The molecule has 0 aliphatic carbocycles. The second kappa shape index (κ2) is 7.66. The molecule has 1 saturated heterocycles. The van der Waals surface area contributed by atoms with Crippen LogP contribution >= 0.6 is 0 Å². The van der Waals surface area contributed by atoms with Crippen molar-refractivity contribution in [2.24, 2.45) is 0 Å². The summed E-state index contributed by atoms with van der Waals surface area (Å²) in [5.41, 5.74) is 3.71. The lowest BCUT2D eigenvalue weighted by Gasteiger charge is -2.29. The van der Waals surface area contributed by atoms with Crippen LogP contribution in [-0.4, -0.2) is 44.4 Å². The summed E-state index contributed by atoms with van der Waals surface area (Å²) in [6.07, 6.45) is 0. The number of ether oxygens (including phenoxy) is 2. The summed E-state index contributed by atoms with van der Waals surface area (Å²) in [5.74, 6) is 1.07. The Morgan fingerprint density at radius 1 is 1.16 bits per heavy atom.